The molecule has 0 radical (unpaired) electrons. The fraction of sp³-hybridized carbons (Fsp3) is 0.133. The Morgan fingerprint density at radius 2 is 1.89 bits per heavy atom. The average molecular weight is 238 g/mol. The summed E-state index contributed by atoms with van der Waals surface area (Å²) < 4.78 is 2.01. The lowest BCUT2D eigenvalue weighted by Gasteiger charge is -2.11. The summed E-state index contributed by atoms with van der Waals surface area (Å²) in [7, 11) is 0. The first-order chi connectivity index (χ1) is 8.84. The van der Waals surface area contributed by atoms with Gasteiger partial charge in [-0.25, -0.2) is 0 Å². The van der Waals surface area contributed by atoms with Gasteiger partial charge in [0.25, 0.3) is 0 Å². The number of aliphatic hydroxyl groups is 1. The highest BCUT2D eigenvalue weighted by Crippen LogP contribution is 2.19. The Hall–Kier alpha value is -2.13. The predicted octanol–water partition coefficient (Wildman–Crippen LogP) is 2.61. The fourth-order valence-electron chi connectivity index (χ4n) is 2.16. The SMILES string of the molecule is OC(Cc1nccn2cccc12)c1ccccc1. The molecule has 3 nitrogen and oxygen atoms in total. The highest BCUT2D eigenvalue weighted by Gasteiger charge is 2.11. The Morgan fingerprint density at radius 3 is 2.72 bits per heavy atom. The largest absolute Gasteiger partial charge is 0.388 e. The maximum absolute atomic E-state index is 10.2. The van der Waals surface area contributed by atoms with Crippen LogP contribution >= 0.6 is 0 Å². The van der Waals surface area contributed by atoms with Crippen molar-refractivity contribution in [1.82, 2.24) is 9.38 Å². The number of aliphatic hydroxyl groups excluding tert-OH is 1. The van der Waals surface area contributed by atoms with E-state index >= 15 is 0 Å². The van der Waals surface area contributed by atoms with E-state index in [9.17, 15) is 5.11 Å². The molecule has 3 rings (SSSR count). The Morgan fingerprint density at radius 1 is 1.06 bits per heavy atom. The van der Waals surface area contributed by atoms with Crippen molar-refractivity contribution in [3.63, 3.8) is 0 Å². The summed E-state index contributed by atoms with van der Waals surface area (Å²) in [5, 5.41) is 10.2. The van der Waals surface area contributed by atoms with E-state index in [2.05, 4.69) is 4.98 Å². The molecule has 0 aliphatic heterocycles. The number of fused-ring (bicyclic) bond motifs is 1. The molecule has 0 amide bonds. The first kappa shape index (κ1) is 11.0. The lowest BCUT2D eigenvalue weighted by atomic mass is 10.0. The summed E-state index contributed by atoms with van der Waals surface area (Å²) in [6.07, 6.45) is 5.67. The minimum Gasteiger partial charge on any atom is -0.388 e. The summed E-state index contributed by atoms with van der Waals surface area (Å²) in [6, 6.07) is 13.7. The standard InChI is InChI=1S/C15H14N2O/c18-15(12-5-2-1-3-6-12)11-13-14-7-4-9-17(14)10-8-16-13/h1-10,15,18H,11H2. The number of rotatable bonds is 3. The molecule has 0 fully saturated rings. The van der Waals surface area contributed by atoms with Gasteiger partial charge in [0.05, 0.1) is 17.3 Å². The molecule has 0 aliphatic rings. The van der Waals surface area contributed by atoms with Crippen LogP contribution in [0.1, 0.15) is 17.4 Å². The second-order valence-electron chi connectivity index (χ2n) is 4.31. The van der Waals surface area contributed by atoms with E-state index in [1.165, 1.54) is 0 Å². The molecule has 1 unspecified atom stereocenters. The third kappa shape index (κ3) is 2.00. The van der Waals surface area contributed by atoms with Gasteiger partial charge in [-0.3, -0.25) is 4.98 Å². The van der Waals surface area contributed by atoms with Crippen LogP contribution in [0.4, 0.5) is 0 Å². The summed E-state index contributed by atoms with van der Waals surface area (Å²) in [6.45, 7) is 0. The quantitative estimate of drug-likeness (QED) is 0.761. The van der Waals surface area contributed by atoms with Crippen LogP contribution in [0, 0.1) is 0 Å². The molecule has 0 saturated heterocycles. The molecule has 90 valence electrons. The third-order valence-electron chi connectivity index (χ3n) is 3.10. The normalized spacial score (nSPS) is 12.7. The van der Waals surface area contributed by atoms with E-state index in [-0.39, 0.29) is 0 Å². The zero-order valence-corrected chi connectivity index (χ0v) is 9.90. The molecule has 1 atom stereocenters. The topological polar surface area (TPSA) is 37.5 Å². The Balaban J connectivity index is 1.91. The van der Waals surface area contributed by atoms with E-state index in [0.29, 0.717) is 6.42 Å². The number of aromatic nitrogens is 2. The van der Waals surface area contributed by atoms with E-state index in [4.69, 9.17) is 0 Å². The Bertz CT molecular complexity index is 646. The van der Waals surface area contributed by atoms with Crippen molar-refractivity contribution in [3.8, 4) is 0 Å². The zero-order chi connectivity index (χ0) is 12.4. The molecule has 1 aromatic carbocycles. The Kier molecular flexibility index (Phi) is 2.82. The van der Waals surface area contributed by atoms with Crippen molar-refractivity contribution in [2.45, 2.75) is 12.5 Å². The molecular weight excluding hydrogens is 224 g/mol. The van der Waals surface area contributed by atoms with Crippen LogP contribution in [0.25, 0.3) is 5.52 Å². The van der Waals surface area contributed by atoms with Gasteiger partial charge < -0.3 is 9.51 Å². The maximum atomic E-state index is 10.2. The number of hydrogen-bond donors (Lipinski definition) is 1. The van der Waals surface area contributed by atoms with Crippen molar-refractivity contribution < 1.29 is 5.11 Å². The van der Waals surface area contributed by atoms with Crippen molar-refractivity contribution in [2.75, 3.05) is 0 Å². The van der Waals surface area contributed by atoms with Crippen LogP contribution in [0.15, 0.2) is 61.1 Å². The smallest absolute Gasteiger partial charge is 0.0846 e. The molecule has 0 bridgehead atoms. The van der Waals surface area contributed by atoms with Gasteiger partial charge in [0.1, 0.15) is 0 Å². The van der Waals surface area contributed by atoms with Crippen LogP contribution in [0.2, 0.25) is 0 Å². The van der Waals surface area contributed by atoms with Crippen LogP contribution in [-0.4, -0.2) is 14.5 Å². The molecule has 0 saturated carbocycles. The third-order valence-corrected chi connectivity index (χ3v) is 3.10. The first-order valence-corrected chi connectivity index (χ1v) is 5.98. The van der Waals surface area contributed by atoms with Crippen molar-refractivity contribution in [1.29, 1.82) is 0 Å². The van der Waals surface area contributed by atoms with Gasteiger partial charge in [-0.1, -0.05) is 30.3 Å². The van der Waals surface area contributed by atoms with Crippen LogP contribution in [-0.2, 0) is 6.42 Å². The monoisotopic (exact) mass is 238 g/mol. The minimum absolute atomic E-state index is 0.514. The molecular formula is C15H14N2O. The molecule has 0 spiro atoms. The molecule has 18 heavy (non-hydrogen) atoms. The molecule has 3 heteroatoms. The molecule has 1 N–H and O–H groups in total. The number of benzene rings is 1. The highest BCUT2D eigenvalue weighted by molar-refractivity contribution is 5.52. The second-order valence-corrected chi connectivity index (χ2v) is 4.31. The molecule has 3 aromatic rings. The average Bonchev–Trinajstić information content (AvgIpc) is 2.89. The van der Waals surface area contributed by atoms with Crippen LogP contribution in [0.5, 0.6) is 0 Å². The van der Waals surface area contributed by atoms with Gasteiger partial charge >= 0.3 is 0 Å². The van der Waals surface area contributed by atoms with Gasteiger partial charge in [0.2, 0.25) is 0 Å². The van der Waals surface area contributed by atoms with Crippen LogP contribution in [0.3, 0.4) is 0 Å². The predicted molar refractivity (Wildman–Crippen MR) is 70.3 cm³/mol. The maximum Gasteiger partial charge on any atom is 0.0846 e. The number of nitrogens with zero attached hydrogens (tertiary/aromatic N) is 2. The number of hydrogen-bond acceptors (Lipinski definition) is 2. The highest BCUT2D eigenvalue weighted by atomic mass is 16.3. The summed E-state index contributed by atoms with van der Waals surface area (Å²) in [5.41, 5.74) is 2.89. The van der Waals surface area contributed by atoms with E-state index in [0.717, 1.165) is 16.8 Å². The molecule has 2 heterocycles. The van der Waals surface area contributed by atoms with E-state index in [1.807, 2.05) is 59.3 Å². The second kappa shape index (κ2) is 4.63. The van der Waals surface area contributed by atoms with Crippen molar-refractivity contribution in [3.05, 3.63) is 72.3 Å². The van der Waals surface area contributed by atoms with Gasteiger partial charge in [-0.2, -0.15) is 0 Å². The fourth-order valence-corrected chi connectivity index (χ4v) is 2.16. The van der Waals surface area contributed by atoms with E-state index in [1.54, 1.807) is 6.20 Å². The zero-order valence-electron chi connectivity index (χ0n) is 9.90. The first-order valence-electron chi connectivity index (χ1n) is 5.98. The molecule has 0 aliphatic carbocycles. The van der Waals surface area contributed by atoms with Gasteiger partial charge in [-0.05, 0) is 17.7 Å². The lowest BCUT2D eigenvalue weighted by Crippen LogP contribution is -2.04. The summed E-state index contributed by atoms with van der Waals surface area (Å²) in [5.74, 6) is 0. The Labute approximate surface area is 105 Å². The van der Waals surface area contributed by atoms with Gasteiger partial charge in [0.15, 0.2) is 0 Å². The van der Waals surface area contributed by atoms with Gasteiger partial charge in [0, 0.05) is 25.0 Å². The van der Waals surface area contributed by atoms with Crippen molar-refractivity contribution in [2.24, 2.45) is 0 Å². The molecule has 2 aromatic heterocycles. The van der Waals surface area contributed by atoms with Crippen LogP contribution < -0.4 is 0 Å². The lowest BCUT2D eigenvalue weighted by molar-refractivity contribution is 0.177. The summed E-state index contributed by atoms with van der Waals surface area (Å²) >= 11 is 0. The van der Waals surface area contributed by atoms with Crippen molar-refractivity contribution >= 4 is 5.52 Å². The van der Waals surface area contributed by atoms with Gasteiger partial charge in [-0.15, -0.1) is 0 Å². The minimum atomic E-state index is -0.514. The summed E-state index contributed by atoms with van der Waals surface area (Å²) in [4.78, 5) is 4.36. The van der Waals surface area contributed by atoms with E-state index < -0.39 is 6.10 Å².